The lowest BCUT2D eigenvalue weighted by molar-refractivity contribution is -0.138. The summed E-state index contributed by atoms with van der Waals surface area (Å²) in [4.78, 5) is 12.5. The Kier molecular flexibility index (Phi) is 6.54. The van der Waals surface area contributed by atoms with Crippen molar-refractivity contribution >= 4 is 17.6 Å². The van der Waals surface area contributed by atoms with E-state index in [1.54, 1.807) is 12.1 Å². The monoisotopic (exact) mass is 271 g/mol. The minimum atomic E-state index is -0.818. The highest BCUT2D eigenvalue weighted by atomic mass is 35.5. The van der Waals surface area contributed by atoms with E-state index in [4.69, 9.17) is 21.4 Å². The number of carboxylic acids is 1. The topological polar surface area (TPSA) is 49.8 Å². The maximum atomic E-state index is 10.7. The summed E-state index contributed by atoms with van der Waals surface area (Å²) in [7, 11) is 0. The van der Waals surface area contributed by atoms with Gasteiger partial charge in [0.15, 0.2) is 0 Å². The van der Waals surface area contributed by atoms with Gasteiger partial charge in [-0.15, -0.1) is 0 Å². The Bertz CT molecular complexity index is 384. The maximum absolute atomic E-state index is 10.7. The molecule has 1 rings (SSSR count). The molecule has 1 aromatic rings. The third kappa shape index (κ3) is 5.38. The number of aliphatic carboxylic acids is 1. The minimum Gasteiger partial charge on any atom is -0.491 e. The zero-order chi connectivity index (χ0) is 13.4. The Morgan fingerprint density at radius 1 is 1.39 bits per heavy atom. The average molecular weight is 272 g/mol. The Hall–Kier alpha value is -1.26. The van der Waals surface area contributed by atoms with Crippen molar-refractivity contribution in [2.75, 3.05) is 26.2 Å². The molecule has 0 radical (unpaired) electrons. The molecule has 4 nitrogen and oxygen atoms in total. The van der Waals surface area contributed by atoms with Crippen LogP contribution in [0.5, 0.6) is 5.75 Å². The first-order valence-corrected chi connectivity index (χ1v) is 6.32. The van der Waals surface area contributed by atoms with Crippen LogP contribution in [0.25, 0.3) is 0 Å². The molecule has 0 aromatic heterocycles. The molecule has 0 saturated heterocycles. The van der Waals surface area contributed by atoms with Gasteiger partial charge in [0.1, 0.15) is 12.4 Å². The van der Waals surface area contributed by atoms with Crippen LogP contribution >= 0.6 is 11.6 Å². The molecule has 0 fully saturated rings. The van der Waals surface area contributed by atoms with Crippen molar-refractivity contribution in [2.45, 2.75) is 13.3 Å². The summed E-state index contributed by atoms with van der Waals surface area (Å²) in [6.07, 6.45) is 0.916. The summed E-state index contributed by atoms with van der Waals surface area (Å²) < 4.78 is 5.53. The fraction of sp³-hybridized carbons (Fsp3) is 0.462. The van der Waals surface area contributed by atoms with Crippen LogP contribution in [-0.2, 0) is 4.79 Å². The summed E-state index contributed by atoms with van der Waals surface area (Å²) in [5.41, 5.74) is 0. The molecule has 5 heteroatoms. The van der Waals surface area contributed by atoms with Gasteiger partial charge < -0.3 is 9.84 Å². The highest BCUT2D eigenvalue weighted by Gasteiger charge is 2.09. The summed E-state index contributed by atoms with van der Waals surface area (Å²) in [6.45, 7) is 3.81. The Morgan fingerprint density at radius 3 is 2.72 bits per heavy atom. The summed E-state index contributed by atoms with van der Waals surface area (Å²) in [6, 6.07) is 7.24. The van der Waals surface area contributed by atoms with E-state index in [1.165, 1.54) is 0 Å². The molecule has 0 aliphatic rings. The zero-order valence-corrected chi connectivity index (χ0v) is 11.2. The highest BCUT2D eigenvalue weighted by Crippen LogP contribution is 2.22. The first-order chi connectivity index (χ1) is 8.63. The number of hydrogen-bond acceptors (Lipinski definition) is 3. The summed E-state index contributed by atoms with van der Waals surface area (Å²) in [5.74, 6) is -0.188. The molecule has 0 atom stereocenters. The lowest BCUT2D eigenvalue weighted by Gasteiger charge is -2.19. The van der Waals surface area contributed by atoms with E-state index in [2.05, 4.69) is 0 Å². The number of carbonyl (C=O) groups is 1. The second-order valence-corrected chi connectivity index (χ2v) is 4.36. The van der Waals surface area contributed by atoms with Gasteiger partial charge in [0, 0.05) is 6.54 Å². The molecule has 0 spiro atoms. The van der Waals surface area contributed by atoms with Gasteiger partial charge >= 0.3 is 5.97 Å². The van der Waals surface area contributed by atoms with Crippen molar-refractivity contribution in [1.82, 2.24) is 4.90 Å². The van der Waals surface area contributed by atoms with Gasteiger partial charge in [-0.3, -0.25) is 9.69 Å². The second-order valence-electron chi connectivity index (χ2n) is 3.95. The van der Waals surface area contributed by atoms with Gasteiger partial charge in [-0.2, -0.15) is 0 Å². The Labute approximate surface area is 112 Å². The number of halogens is 1. The SMILES string of the molecule is CCCN(CCOc1ccccc1Cl)CC(=O)O. The first kappa shape index (κ1) is 14.8. The molecule has 0 heterocycles. The van der Waals surface area contributed by atoms with Crippen molar-refractivity contribution in [1.29, 1.82) is 0 Å². The molecule has 1 aromatic carbocycles. The van der Waals surface area contributed by atoms with Crippen LogP contribution in [0, 0.1) is 0 Å². The molecule has 0 bridgehead atoms. The van der Waals surface area contributed by atoms with Gasteiger partial charge in [-0.25, -0.2) is 0 Å². The molecule has 0 aliphatic carbocycles. The number of carboxylic acid groups (broad SMARTS) is 1. The fourth-order valence-electron chi connectivity index (χ4n) is 1.62. The molecule has 1 N–H and O–H groups in total. The van der Waals surface area contributed by atoms with E-state index < -0.39 is 5.97 Å². The van der Waals surface area contributed by atoms with Gasteiger partial charge in [0.25, 0.3) is 0 Å². The number of rotatable bonds is 8. The van der Waals surface area contributed by atoms with E-state index in [0.717, 1.165) is 13.0 Å². The van der Waals surface area contributed by atoms with Crippen molar-refractivity contribution in [3.63, 3.8) is 0 Å². The molecular formula is C13H18ClNO3. The average Bonchev–Trinajstić information content (AvgIpc) is 2.31. The zero-order valence-electron chi connectivity index (χ0n) is 10.4. The van der Waals surface area contributed by atoms with Gasteiger partial charge in [-0.1, -0.05) is 30.7 Å². The predicted octanol–water partition coefficient (Wildman–Crippen LogP) is 2.52. The molecule has 0 aliphatic heterocycles. The number of ether oxygens (including phenoxy) is 1. The molecule has 18 heavy (non-hydrogen) atoms. The predicted molar refractivity (Wildman–Crippen MR) is 71.3 cm³/mol. The molecule has 0 amide bonds. The lowest BCUT2D eigenvalue weighted by atomic mass is 10.3. The molecular weight excluding hydrogens is 254 g/mol. The van der Waals surface area contributed by atoms with Crippen LogP contribution in [0.1, 0.15) is 13.3 Å². The highest BCUT2D eigenvalue weighted by molar-refractivity contribution is 6.32. The van der Waals surface area contributed by atoms with Crippen LogP contribution in [0.15, 0.2) is 24.3 Å². The first-order valence-electron chi connectivity index (χ1n) is 5.95. The van der Waals surface area contributed by atoms with E-state index in [-0.39, 0.29) is 6.54 Å². The smallest absolute Gasteiger partial charge is 0.317 e. The number of nitrogens with zero attached hydrogens (tertiary/aromatic N) is 1. The number of benzene rings is 1. The van der Waals surface area contributed by atoms with E-state index in [9.17, 15) is 4.79 Å². The largest absolute Gasteiger partial charge is 0.491 e. The van der Waals surface area contributed by atoms with Gasteiger partial charge in [-0.05, 0) is 25.1 Å². The normalized spacial score (nSPS) is 10.6. The number of para-hydroxylation sites is 1. The summed E-state index contributed by atoms with van der Waals surface area (Å²) >= 11 is 5.95. The quantitative estimate of drug-likeness (QED) is 0.789. The molecule has 0 unspecified atom stereocenters. The Morgan fingerprint density at radius 2 is 2.11 bits per heavy atom. The third-order valence-corrected chi connectivity index (χ3v) is 2.71. The number of hydrogen-bond donors (Lipinski definition) is 1. The summed E-state index contributed by atoms with van der Waals surface area (Å²) in [5, 5.41) is 9.33. The third-order valence-electron chi connectivity index (χ3n) is 2.40. The van der Waals surface area contributed by atoms with Crippen LogP contribution < -0.4 is 4.74 Å². The lowest BCUT2D eigenvalue weighted by Crippen LogP contribution is -2.34. The van der Waals surface area contributed by atoms with E-state index in [1.807, 2.05) is 24.0 Å². The van der Waals surface area contributed by atoms with Crippen molar-refractivity contribution in [3.05, 3.63) is 29.3 Å². The molecule has 100 valence electrons. The van der Waals surface area contributed by atoms with Gasteiger partial charge in [0.2, 0.25) is 0 Å². The van der Waals surface area contributed by atoms with Crippen LogP contribution in [0.2, 0.25) is 5.02 Å². The second kappa shape index (κ2) is 7.95. The minimum absolute atomic E-state index is 0.0414. The van der Waals surface area contributed by atoms with E-state index >= 15 is 0 Å². The molecule has 0 saturated carbocycles. The van der Waals surface area contributed by atoms with Gasteiger partial charge in [0.05, 0.1) is 11.6 Å². The Balaban J connectivity index is 2.38. The van der Waals surface area contributed by atoms with Crippen LogP contribution in [0.3, 0.4) is 0 Å². The van der Waals surface area contributed by atoms with Crippen molar-refractivity contribution in [2.24, 2.45) is 0 Å². The van der Waals surface area contributed by atoms with Crippen LogP contribution in [-0.4, -0.2) is 42.2 Å². The van der Waals surface area contributed by atoms with Crippen LogP contribution in [0.4, 0.5) is 0 Å². The fourth-order valence-corrected chi connectivity index (χ4v) is 1.81. The standard InChI is InChI=1S/C13H18ClNO3/c1-2-7-15(10-13(16)17)8-9-18-12-6-4-3-5-11(12)14/h3-6H,2,7-10H2,1H3,(H,16,17). The van der Waals surface area contributed by atoms with Crippen molar-refractivity contribution in [3.8, 4) is 5.75 Å². The van der Waals surface area contributed by atoms with Crippen molar-refractivity contribution < 1.29 is 14.6 Å². The van der Waals surface area contributed by atoms with E-state index in [0.29, 0.717) is 23.9 Å². The maximum Gasteiger partial charge on any atom is 0.317 e.